The van der Waals surface area contributed by atoms with Gasteiger partial charge in [-0.15, -0.1) is 0 Å². The first-order chi connectivity index (χ1) is 10.2. The zero-order valence-electron chi connectivity index (χ0n) is 13.3. The van der Waals surface area contributed by atoms with Crippen molar-refractivity contribution in [3.8, 4) is 11.1 Å². The van der Waals surface area contributed by atoms with Crippen LogP contribution in [0.5, 0.6) is 0 Å². The fourth-order valence-electron chi connectivity index (χ4n) is 3.34. The lowest BCUT2D eigenvalue weighted by Crippen LogP contribution is -2.23. The summed E-state index contributed by atoms with van der Waals surface area (Å²) in [6.07, 6.45) is 5.79. The van der Waals surface area contributed by atoms with E-state index in [1.165, 1.54) is 48.3 Å². The van der Waals surface area contributed by atoms with Gasteiger partial charge in [-0.3, -0.25) is 9.58 Å². The van der Waals surface area contributed by atoms with Crippen LogP contribution in [0.4, 0.5) is 0 Å². The highest BCUT2D eigenvalue weighted by molar-refractivity contribution is 5.66. The van der Waals surface area contributed by atoms with Crippen molar-refractivity contribution >= 4 is 0 Å². The summed E-state index contributed by atoms with van der Waals surface area (Å²) in [5.41, 5.74) is 5.17. The minimum absolute atomic E-state index is 0.509. The zero-order valence-corrected chi connectivity index (χ0v) is 13.3. The van der Waals surface area contributed by atoms with Gasteiger partial charge in [0.2, 0.25) is 0 Å². The largest absolute Gasteiger partial charge is 0.297 e. The number of rotatable bonds is 4. The highest BCUT2D eigenvalue weighted by atomic mass is 15.2. The van der Waals surface area contributed by atoms with Crippen LogP contribution in [0.25, 0.3) is 11.1 Å². The highest BCUT2D eigenvalue weighted by Gasteiger charge is 2.20. The van der Waals surface area contributed by atoms with Gasteiger partial charge in [0.05, 0.1) is 5.69 Å². The lowest BCUT2D eigenvalue weighted by Gasteiger charge is -2.24. The third kappa shape index (κ3) is 2.88. The predicted molar refractivity (Wildman–Crippen MR) is 87.2 cm³/mol. The SMILES string of the molecule is CCc1nn(C)cc1-c1cccc(C(C)N2CCCC2)c1. The summed E-state index contributed by atoms with van der Waals surface area (Å²) < 4.78 is 1.92. The van der Waals surface area contributed by atoms with Crippen LogP contribution in [0, 0.1) is 0 Å². The Morgan fingerprint density at radius 1 is 1.24 bits per heavy atom. The van der Waals surface area contributed by atoms with Crippen molar-refractivity contribution < 1.29 is 0 Å². The molecular formula is C18H25N3. The number of likely N-dealkylation sites (tertiary alicyclic amines) is 1. The van der Waals surface area contributed by atoms with Crippen LogP contribution in [-0.4, -0.2) is 27.8 Å². The summed E-state index contributed by atoms with van der Waals surface area (Å²) in [7, 11) is 2.00. The van der Waals surface area contributed by atoms with Crippen molar-refractivity contribution in [3.05, 3.63) is 41.7 Å². The van der Waals surface area contributed by atoms with Crippen molar-refractivity contribution in [2.45, 2.75) is 39.2 Å². The number of aryl methyl sites for hydroxylation is 2. The molecule has 1 fully saturated rings. The topological polar surface area (TPSA) is 21.1 Å². The van der Waals surface area contributed by atoms with Crippen LogP contribution in [0.1, 0.15) is 44.0 Å². The Balaban J connectivity index is 1.92. The molecule has 0 bridgehead atoms. The molecule has 1 unspecified atom stereocenters. The van der Waals surface area contributed by atoms with E-state index in [1.54, 1.807) is 0 Å². The van der Waals surface area contributed by atoms with E-state index in [1.807, 2.05) is 11.7 Å². The minimum Gasteiger partial charge on any atom is -0.297 e. The summed E-state index contributed by atoms with van der Waals surface area (Å²) in [5, 5.41) is 4.56. The Hall–Kier alpha value is -1.61. The second-order valence-electron chi connectivity index (χ2n) is 6.06. The van der Waals surface area contributed by atoms with Crippen molar-refractivity contribution in [3.63, 3.8) is 0 Å². The lowest BCUT2D eigenvalue weighted by molar-refractivity contribution is 0.263. The van der Waals surface area contributed by atoms with Crippen LogP contribution in [0.15, 0.2) is 30.5 Å². The van der Waals surface area contributed by atoms with E-state index in [2.05, 4.69) is 54.3 Å². The van der Waals surface area contributed by atoms with Gasteiger partial charge in [0.25, 0.3) is 0 Å². The van der Waals surface area contributed by atoms with E-state index >= 15 is 0 Å². The van der Waals surface area contributed by atoms with Crippen molar-refractivity contribution in [1.29, 1.82) is 0 Å². The summed E-state index contributed by atoms with van der Waals surface area (Å²) in [6.45, 7) is 6.97. The Labute approximate surface area is 127 Å². The number of aromatic nitrogens is 2. The van der Waals surface area contributed by atoms with Crippen LogP contribution >= 0.6 is 0 Å². The number of hydrogen-bond donors (Lipinski definition) is 0. The van der Waals surface area contributed by atoms with E-state index in [-0.39, 0.29) is 0 Å². The average molecular weight is 283 g/mol. The number of benzene rings is 1. The van der Waals surface area contributed by atoms with Crippen LogP contribution in [0.3, 0.4) is 0 Å². The molecule has 3 nitrogen and oxygen atoms in total. The molecule has 21 heavy (non-hydrogen) atoms. The Bertz CT molecular complexity index is 609. The van der Waals surface area contributed by atoms with E-state index in [4.69, 9.17) is 0 Å². The van der Waals surface area contributed by atoms with Crippen LogP contribution < -0.4 is 0 Å². The summed E-state index contributed by atoms with van der Waals surface area (Å²) in [4.78, 5) is 2.59. The molecule has 0 amide bonds. The van der Waals surface area contributed by atoms with Crippen molar-refractivity contribution in [1.82, 2.24) is 14.7 Å². The molecule has 112 valence electrons. The van der Waals surface area contributed by atoms with Gasteiger partial charge < -0.3 is 0 Å². The molecule has 0 radical (unpaired) electrons. The smallest absolute Gasteiger partial charge is 0.0700 e. The number of hydrogen-bond acceptors (Lipinski definition) is 2. The first-order valence-corrected chi connectivity index (χ1v) is 8.06. The molecule has 1 aliphatic heterocycles. The normalized spacial score (nSPS) is 17.3. The number of nitrogens with zero attached hydrogens (tertiary/aromatic N) is 3. The second kappa shape index (κ2) is 6.02. The molecule has 2 heterocycles. The molecule has 3 heteroatoms. The zero-order chi connectivity index (χ0) is 14.8. The lowest BCUT2D eigenvalue weighted by atomic mass is 9.99. The van der Waals surface area contributed by atoms with E-state index in [0.29, 0.717) is 6.04 Å². The molecule has 1 aliphatic rings. The molecule has 2 aromatic rings. The summed E-state index contributed by atoms with van der Waals surface area (Å²) in [5.74, 6) is 0. The average Bonchev–Trinajstić information content (AvgIpc) is 3.15. The van der Waals surface area contributed by atoms with Gasteiger partial charge in [-0.25, -0.2) is 0 Å². The standard InChI is InChI=1S/C18H25N3/c1-4-18-17(13-20(3)19-18)16-9-7-8-15(12-16)14(2)21-10-5-6-11-21/h7-9,12-14H,4-6,10-11H2,1-3H3. The van der Waals surface area contributed by atoms with Gasteiger partial charge in [-0.1, -0.05) is 25.1 Å². The molecule has 1 aromatic carbocycles. The first-order valence-electron chi connectivity index (χ1n) is 8.06. The first kappa shape index (κ1) is 14.3. The third-order valence-electron chi connectivity index (χ3n) is 4.61. The second-order valence-corrected chi connectivity index (χ2v) is 6.06. The molecule has 3 rings (SSSR count). The molecule has 1 saturated heterocycles. The van der Waals surface area contributed by atoms with Gasteiger partial charge >= 0.3 is 0 Å². The third-order valence-corrected chi connectivity index (χ3v) is 4.61. The Morgan fingerprint density at radius 3 is 2.71 bits per heavy atom. The Morgan fingerprint density at radius 2 is 2.00 bits per heavy atom. The molecule has 1 atom stereocenters. The van der Waals surface area contributed by atoms with E-state index < -0.39 is 0 Å². The fraction of sp³-hybridized carbons (Fsp3) is 0.500. The van der Waals surface area contributed by atoms with Gasteiger partial charge in [0, 0.05) is 24.8 Å². The van der Waals surface area contributed by atoms with E-state index in [0.717, 1.165) is 6.42 Å². The fourth-order valence-corrected chi connectivity index (χ4v) is 3.34. The molecular weight excluding hydrogens is 258 g/mol. The van der Waals surface area contributed by atoms with E-state index in [9.17, 15) is 0 Å². The van der Waals surface area contributed by atoms with Gasteiger partial charge in [-0.05, 0) is 56.5 Å². The van der Waals surface area contributed by atoms with Crippen molar-refractivity contribution in [2.75, 3.05) is 13.1 Å². The van der Waals surface area contributed by atoms with Gasteiger partial charge in [0.1, 0.15) is 0 Å². The molecule has 1 aromatic heterocycles. The van der Waals surface area contributed by atoms with Crippen LogP contribution in [-0.2, 0) is 13.5 Å². The minimum atomic E-state index is 0.509. The molecule has 0 aliphatic carbocycles. The van der Waals surface area contributed by atoms with Gasteiger partial charge in [-0.2, -0.15) is 5.10 Å². The molecule has 0 spiro atoms. The Kier molecular flexibility index (Phi) is 4.11. The summed E-state index contributed by atoms with van der Waals surface area (Å²) >= 11 is 0. The highest BCUT2D eigenvalue weighted by Crippen LogP contribution is 2.29. The maximum absolute atomic E-state index is 4.56. The van der Waals surface area contributed by atoms with Crippen LogP contribution in [0.2, 0.25) is 0 Å². The maximum atomic E-state index is 4.56. The molecule has 0 N–H and O–H groups in total. The quantitative estimate of drug-likeness (QED) is 0.851. The summed E-state index contributed by atoms with van der Waals surface area (Å²) in [6, 6.07) is 9.50. The van der Waals surface area contributed by atoms with Gasteiger partial charge in [0.15, 0.2) is 0 Å². The maximum Gasteiger partial charge on any atom is 0.0700 e. The monoisotopic (exact) mass is 283 g/mol. The molecule has 0 saturated carbocycles. The predicted octanol–water partition coefficient (Wildman–Crippen LogP) is 3.81. The van der Waals surface area contributed by atoms with Crippen molar-refractivity contribution in [2.24, 2.45) is 7.05 Å².